The summed E-state index contributed by atoms with van der Waals surface area (Å²) in [5.41, 5.74) is 6.19. The number of nitrogens with one attached hydrogen (secondary N) is 1. The van der Waals surface area contributed by atoms with E-state index in [1.807, 2.05) is 18.2 Å². The van der Waals surface area contributed by atoms with Crippen molar-refractivity contribution in [1.82, 2.24) is 5.32 Å². The van der Waals surface area contributed by atoms with Gasteiger partial charge in [-0.05, 0) is 25.1 Å². The molecule has 100 valence electrons. The van der Waals surface area contributed by atoms with E-state index < -0.39 is 12.0 Å². The van der Waals surface area contributed by atoms with Crippen molar-refractivity contribution in [2.45, 2.75) is 39.5 Å². The van der Waals surface area contributed by atoms with E-state index in [1.165, 1.54) is 0 Å². The average Bonchev–Trinajstić information content (AvgIpc) is 2.29. The highest BCUT2D eigenvalue weighted by atomic mass is 79.9. The molecule has 0 bridgehead atoms. The van der Waals surface area contributed by atoms with E-state index in [9.17, 15) is 4.79 Å². The second kappa shape index (κ2) is 6.75. The average molecular weight is 315 g/mol. The maximum absolute atomic E-state index is 11.0. The Morgan fingerprint density at radius 1 is 1.44 bits per heavy atom. The lowest BCUT2D eigenvalue weighted by Gasteiger charge is -2.16. The smallest absolute Gasteiger partial charge is 0.258 e. The zero-order valence-corrected chi connectivity index (χ0v) is 12.5. The fourth-order valence-electron chi connectivity index (χ4n) is 1.36. The molecule has 0 aromatic heterocycles. The number of primary amides is 1. The van der Waals surface area contributed by atoms with Crippen LogP contribution in [0.25, 0.3) is 0 Å². The monoisotopic (exact) mass is 314 g/mol. The normalized spacial score (nSPS) is 12.5. The van der Waals surface area contributed by atoms with Crippen molar-refractivity contribution in [1.29, 1.82) is 0 Å². The van der Waals surface area contributed by atoms with E-state index in [-0.39, 0.29) is 0 Å². The quantitative estimate of drug-likeness (QED) is 0.846. The first-order valence-electron chi connectivity index (χ1n) is 5.88. The van der Waals surface area contributed by atoms with Crippen LogP contribution >= 0.6 is 15.9 Å². The van der Waals surface area contributed by atoms with Crippen LogP contribution in [0.1, 0.15) is 26.3 Å². The van der Waals surface area contributed by atoms with Crippen LogP contribution in [0.5, 0.6) is 5.75 Å². The minimum absolute atomic E-state index is 0.380. The molecular formula is C13H19BrN2O2. The Labute approximate surface area is 116 Å². The van der Waals surface area contributed by atoms with Gasteiger partial charge in [-0.25, -0.2) is 0 Å². The summed E-state index contributed by atoms with van der Waals surface area (Å²) in [4.78, 5) is 11.0. The van der Waals surface area contributed by atoms with Crippen LogP contribution in [0.3, 0.4) is 0 Å². The Hall–Kier alpha value is -1.07. The van der Waals surface area contributed by atoms with E-state index >= 15 is 0 Å². The van der Waals surface area contributed by atoms with Crippen LogP contribution in [0.4, 0.5) is 0 Å². The Balaban J connectivity index is 2.85. The standard InChI is InChI=1S/C13H19BrN2O2/c1-8(2)16-7-10-6-11(14)4-5-12(10)18-9(3)13(15)17/h4-6,8-9,16H,7H2,1-3H3,(H2,15,17). The van der Waals surface area contributed by atoms with Gasteiger partial charge in [-0.1, -0.05) is 29.8 Å². The summed E-state index contributed by atoms with van der Waals surface area (Å²) in [6.07, 6.45) is -0.635. The Bertz CT molecular complexity index is 421. The molecule has 18 heavy (non-hydrogen) atoms. The number of rotatable bonds is 6. The summed E-state index contributed by atoms with van der Waals surface area (Å²) in [7, 11) is 0. The molecule has 4 nitrogen and oxygen atoms in total. The molecular weight excluding hydrogens is 296 g/mol. The van der Waals surface area contributed by atoms with Crippen LogP contribution in [0.15, 0.2) is 22.7 Å². The van der Waals surface area contributed by atoms with E-state index in [2.05, 4.69) is 35.1 Å². The maximum atomic E-state index is 11.0. The van der Waals surface area contributed by atoms with Crippen LogP contribution in [-0.4, -0.2) is 18.1 Å². The molecule has 1 atom stereocenters. The van der Waals surface area contributed by atoms with Gasteiger partial charge in [0.1, 0.15) is 5.75 Å². The molecule has 0 fully saturated rings. The molecule has 1 amide bonds. The van der Waals surface area contributed by atoms with Gasteiger partial charge in [-0.2, -0.15) is 0 Å². The lowest BCUT2D eigenvalue weighted by molar-refractivity contribution is -0.124. The number of benzene rings is 1. The van der Waals surface area contributed by atoms with Crippen molar-refractivity contribution in [2.75, 3.05) is 0 Å². The Morgan fingerprint density at radius 3 is 2.67 bits per heavy atom. The summed E-state index contributed by atoms with van der Waals surface area (Å²) in [6.45, 7) is 6.47. The molecule has 0 aliphatic rings. The van der Waals surface area contributed by atoms with Gasteiger partial charge in [0.25, 0.3) is 5.91 Å². The predicted molar refractivity (Wildman–Crippen MR) is 75.4 cm³/mol. The molecule has 1 aromatic rings. The third kappa shape index (κ3) is 4.66. The van der Waals surface area contributed by atoms with Crippen molar-refractivity contribution >= 4 is 21.8 Å². The summed E-state index contributed by atoms with van der Waals surface area (Å²) < 4.78 is 6.53. The van der Waals surface area contributed by atoms with E-state index in [4.69, 9.17) is 10.5 Å². The largest absolute Gasteiger partial charge is 0.481 e. The first-order valence-corrected chi connectivity index (χ1v) is 6.67. The van der Waals surface area contributed by atoms with Crippen LogP contribution in [-0.2, 0) is 11.3 Å². The molecule has 0 radical (unpaired) electrons. The van der Waals surface area contributed by atoms with Crippen LogP contribution < -0.4 is 15.8 Å². The third-order valence-electron chi connectivity index (χ3n) is 2.43. The van der Waals surface area contributed by atoms with Gasteiger partial charge in [0, 0.05) is 22.6 Å². The fraction of sp³-hybridized carbons (Fsp3) is 0.462. The van der Waals surface area contributed by atoms with E-state index in [0.717, 1.165) is 10.0 Å². The van der Waals surface area contributed by atoms with Gasteiger partial charge < -0.3 is 15.8 Å². The minimum atomic E-state index is -0.635. The highest BCUT2D eigenvalue weighted by Gasteiger charge is 2.13. The number of carbonyl (C=O) groups is 1. The van der Waals surface area contributed by atoms with Crippen molar-refractivity contribution in [3.63, 3.8) is 0 Å². The lowest BCUT2D eigenvalue weighted by atomic mass is 10.2. The van der Waals surface area contributed by atoms with Crippen molar-refractivity contribution in [3.8, 4) is 5.75 Å². The topological polar surface area (TPSA) is 64.3 Å². The fourth-order valence-corrected chi connectivity index (χ4v) is 1.77. The third-order valence-corrected chi connectivity index (χ3v) is 2.92. The SMILES string of the molecule is CC(C)NCc1cc(Br)ccc1OC(C)C(N)=O. The number of hydrogen-bond acceptors (Lipinski definition) is 3. The highest BCUT2D eigenvalue weighted by molar-refractivity contribution is 9.10. The lowest BCUT2D eigenvalue weighted by Crippen LogP contribution is -2.31. The number of amides is 1. The van der Waals surface area contributed by atoms with Crippen molar-refractivity contribution in [3.05, 3.63) is 28.2 Å². The number of nitrogens with two attached hydrogens (primary N) is 1. The Kier molecular flexibility index (Phi) is 5.62. The highest BCUT2D eigenvalue weighted by Crippen LogP contribution is 2.24. The molecule has 5 heteroatoms. The number of halogens is 1. The van der Waals surface area contributed by atoms with Gasteiger partial charge in [-0.3, -0.25) is 4.79 Å². The maximum Gasteiger partial charge on any atom is 0.258 e. The summed E-state index contributed by atoms with van der Waals surface area (Å²) >= 11 is 3.42. The van der Waals surface area contributed by atoms with Gasteiger partial charge >= 0.3 is 0 Å². The van der Waals surface area contributed by atoms with Gasteiger partial charge in [0.05, 0.1) is 0 Å². The van der Waals surface area contributed by atoms with Gasteiger partial charge in [-0.15, -0.1) is 0 Å². The van der Waals surface area contributed by atoms with Crippen LogP contribution in [0, 0.1) is 0 Å². The second-order valence-corrected chi connectivity index (χ2v) is 5.37. The molecule has 1 aromatic carbocycles. The molecule has 1 rings (SSSR count). The minimum Gasteiger partial charge on any atom is -0.481 e. The second-order valence-electron chi connectivity index (χ2n) is 4.45. The number of hydrogen-bond donors (Lipinski definition) is 2. The first kappa shape index (κ1) is 15.0. The molecule has 0 saturated heterocycles. The molecule has 3 N–H and O–H groups in total. The zero-order valence-electron chi connectivity index (χ0n) is 10.9. The predicted octanol–water partition coefficient (Wildman–Crippen LogP) is 2.20. The first-order chi connectivity index (χ1) is 8.40. The summed E-state index contributed by atoms with van der Waals surface area (Å²) in [5.74, 6) is 0.207. The van der Waals surface area contributed by atoms with E-state index in [1.54, 1.807) is 6.92 Å². The van der Waals surface area contributed by atoms with Crippen molar-refractivity contribution in [2.24, 2.45) is 5.73 Å². The summed E-state index contributed by atoms with van der Waals surface area (Å²) in [5, 5.41) is 3.31. The Morgan fingerprint density at radius 2 is 2.11 bits per heavy atom. The van der Waals surface area contributed by atoms with Crippen molar-refractivity contribution < 1.29 is 9.53 Å². The number of carbonyl (C=O) groups excluding carboxylic acids is 1. The zero-order chi connectivity index (χ0) is 13.7. The van der Waals surface area contributed by atoms with Gasteiger partial charge in [0.15, 0.2) is 6.10 Å². The molecule has 0 saturated carbocycles. The molecule has 1 unspecified atom stereocenters. The summed E-state index contributed by atoms with van der Waals surface area (Å²) in [6, 6.07) is 6.06. The molecule has 0 spiro atoms. The van der Waals surface area contributed by atoms with E-state index in [0.29, 0.717) is 18.3 Å². The van der Waals surface area contributed by atoms with Gasteiger partial charge in [0.2, 0.25) is 0 Å². The molecule has 0 heterocycles. The molecule has 0 aliphatic carbocycles. The van der Waals surface area contributed by atoms with Crippen LogP contribution in [0.2, 0.25) is 0 Å². The number of ether oxygens (including phenoxy) is 1. The molecule has 0 aliphatic heterocycles.